The summed E-state index contributed by atoms with van der Waals surface area (Å²) in [5.41, 5.74) is 0.684. The number of thiazole rings is 1. The number of carboxylic acids is 1. The van der Waals surface area contributed by atoms with E-state index >= 15 is 0 Å². The van der Waals surface area contributed by atoms with Gasteiger partial charge in [0.15, 0.2) is 0 Å². The van der Waals surface area contributed by atoms with Gasteiger partial charge in [0.05, 0.1) is 15.4 Å². The van der Waals surface area contributed by atoms with E-state index in [0.717, 1.165) is 27.6 Å². The molecule has 6 nitrogen and oxygen atoms in total. The Morgan fingerprint density at radius 1 is 1.29 bits per heavy atom. The third-order valence-corrected chi connectivity index (χ3v) is 7.39. The van der Waals surface area contributed by atoms with Gasteiger partial charge in [-0.1, -0.05) is 39.0 Å². The van der Waals surface area contributed by atoms with Gasteiger partial charge in [-0.05, 0) is 28.1 Å². The predicted molar refractivity (Wildman–Crippen MR) is 95.0 cm³/mol. The summed E-state index contributed by atoms with van der Waals surface area (Å²) in [6.07, 6.45) is 0. The summed E-state index contributed by atoms with van der Waals surface area (Å²) in [6, 6.07) is 3.55. The quantitative estimate of drug-likeness (QED) is 0.468. The number of hydrogen-bond donors (Lipinski definition) is 2. The summed E-state index contributed by atoms with van der Waals surface area (Å²) in [7, 11) is 0. The van der Waals surface area contributed by atoms with Crippen LogP contribution in [0.1, 0.15) is 16.4 Å². The van der Waals surface area contributed by atoms with Crippen molar-refractivity contribution in [3.8, 4) is 5.75 Å². The number of halogens is 2. The zero-order valence-electron chi connectivity index (χ0n) is 11.5. The van der Waals surface area contributed by atoms with E-state index in [9.17, 15) is 19.5 Å². The number of aromatic nitrogens is 1. The number of benzene rings is 1. The van der Waals surface area contributed by atoms with Crippen LogP contribution in [0.3, 0.4) is 0 Å². The van der Waals surface area contributed by atoms with E-state index in [-0.39, 0.29) is 4.87 Å². The normalized spacial score (nSPS) is 24.6. The number of hydrogen-bond acceptors (Lipinski definition) is 6. The van der Waals surface area contributed by atoms with Crippen LogP contribution in [0, 0.1) is 5.92 Å². The first kappa shape index (κ1) is 16.4. The Bertz CT molecular complexity index is 953. The maximum atomic E-state index is 12.5. The van der Waals surface area contributed by atoms with Gasteiger partial charge in [-0.25, -0.2) is 0 Å². The highest BCUT2D eigenvalue weighted by Gasteiger charge is 2.52. The second-order valence-corrected chi connectivity index (χ2v) is 9.25. The monoisotopic (exact) mass is 491 g/mol. The lowest BCUT2D eigenvalue weighted by Crippen LogP contribution is -2.44. The average molecular weight is 493 g/mol. The standard InChI is InChI=1S/C14H7Br2NO5S2/c15-3-1-4-6-7(13(20)22-8(4)5(16)2-3)10(12(18)19)23-11-9(6)24-14(21)17-11/h1-2,6-7,10H,(H,17,21)(H,18,19)/t6-,7+,10-/m0/s1. The molecule has 3 atom stereocenters. The fourth-order valence-corrected chi connectivity index (χ4v) is 6.78. The first-order chi connectivity index (χ1) is 11.4. The van der Waals surface area contributed by atoms with Crippen LogP contribution < -0.4 is 9.61 Å². The maximum absolute atomic E-state index is 12.5. The van der Waals surface area contributed by atoms with Gasteiger partial charge in [-0.15, -0.1) is 0 Å². The maximum Gasteiger partial charge on any atom is 0.317 e. The van der Waals surface area contributed by atoms with E-state index in [1.54, 1.807) is 12.1 Å². The summed E-state index contributed by atoms with van der Waals surface area (Å²) < 4.78 is 6.78. The summed E-state index contributed by atoms with van der Waals surface area (Å²) in [6.45, 7) is 0. The van der Waals surface area contributed by atoms with E-state index in [4.69, 9.17) is 4.74 Å². The molecule has 0 fully saturated rings. The van der Waals surface area contributed by atoms with Crippen LogP contribution in [-0.4, -0.2) is 27.3 Å². The van der Waals surface area contributed by atoms with Crippen molar-refractivity contribution < 1.29 is 19.4 Å². The molecule has 0 saturated carbocycles. The molecule has 4 rings (SSSR count). The van der Waals surface area contributed by atoms with Crippen LogP contribution in [0.2, 0.25) is 0 Å². The Morgan fingerprint density at radius 2 is 2.04 bits per heavy atom. The molecule has 0 bridgehead atoms. The lowest BCUT2D eigenvalue weighted by atomic mass is 9.80. The number of aromatic amines is 1. The van der Waals surface area contributed by atoms with E-state index in [0.29, 0.717) is 25.7 Å². The molecule has 124 valence electrons. The molecule has 1 aromatic carbocycles. The van der Waals surface area contributed by atoms with E-state index in [1.807, 2.05) is 0 Å². The number of fused-ring (bicyclic) bond motifs is 5. The number of H-pyrrole nitrogens is 1. The second-order valence-electron chi connectivity index (χ2n) is 5.32. The highest BCUT2D eigenvalue weighted by atomic mass is 79.9. The number of thioether (sulfide) groups is 1. The molecule has 0 amide bonds. The third kappa shape index (κ3) is 2.39. The van der Waals surface area contributed by atoms with Crippen molar-refractivity contribution in [2.75, 3.05) is 0 Å². The molecule has 0 radical (unpaired) electrons. The molecule has 1 aromatic heterocycles. The topological polar surface area (TPSA) is 96.5 Å². The minimum Gasteiger partial charge on any atom is -0.480 e. The number of ether oxygens (including phenoxy) is 1. The van der Waals surface area contributed by atoms with Gasteiger partial charge in [-0.3, -0.25) is 14.4 Å². The zero-order chi connectivity index (χ0) is 17.2. The van der Waals surface area contributed by atoms with Gasteiger partial charge in [-0.2, -0.15) is 0 Å². The van der Waals surface area contributed by atoms with Crippen molar-refractivity contribution in [1.29, 1.82) is 0 Å². The molecule has 0 saturated heterocycles. The third-order valence-electron chi connectivity index (χ3n) is 3.94. The highest BCUT2D eigenvalue weighted by molar-refractivity contribution is 9.11. The number of carbonyl (C=O) groups excluding carboxylic acids is 1. The van der Waals surface area contributed by atoms with Gasteiger partial charge in [0.25, 0.3) is 0 Å². The fraction of sp³-hybridized carbons (Fsp3) is 0.214. The van der Waals surface area contributed by atoms with E-state index in [1.165, 1.54) is 0 Å². The van der Waals surface area contributed by atoms with Gasteiger partial charge >= 0.3 is 16.8 Å². The van der Waals surface area contributed by atoms with Crippen LogP contribution in [0.15, 0.2) is 30.9 Å². The highest BCUT2D eigenvalue weighted by Crippen LogP contribution is 2.55. The van der Waals surface area contributed by atoms with Crippen LogP contribution in [0.5, 0.6) is 5.75 Å². The molecule has 0 unspecified atom stereocenters. The molecule has 2 N–H and O–H groups in total. The molecular formula is C14H7Br2NO5S2. The lowest BCUT2D eigenvalue weighted by Gasteiger charge is -2.37. The number of carboxylic acid groups (broad SMARTS) is 1. The molecule has 3 heterocycles. The molecular weight excluding hydrogens is 486 g/mol. The first-order valence-electron chi connectivity index (χ1n) is 6.70. The number of rotatable bonds is 1. The molecule has 0 aliphatic carbocycles. The second kappa shape index (κ2) is 5.72. The van der Waals surface area contributed by atoms with Gasteiger partial charge in [0.2, 0.25) is 0 Å². The SMILES string of the molecule is O=C1Oc2c(Br)cc(Br)cc2[C@@H]2c3sc(=O)[nH]c3S[C@H](C(=O)O)[C@H]12. The molecule has 2 aliphatic heterocycles. The number of aliphatic carboxylic acids is 1. The first-order valence-corrected chi connectivity index (χ1v) is 9.98. The summed E-state index contributed by atoms with van der Waals surface area (Å²) in [4.78, 5) is 39.1. The van der Waals surface area contributed by atoms with E-state index < -0.39 is 29.0 Å². The van der Waals surface area contributed by atoms with Crippen LogP contribution in [0.25, 0.3) is 0 Å². The Hall–Kier alpha value is -1.10. The lowest BCUT2D eigenvalue weighted by molar-refractivity contribution is -0.147. The summed E-state index contributed by atoms with van der Waals surface area (Å²) in [5, 5.41) is 9.04. The number of esters is 1. The minimum absolute atomic E-state index is 0.271. The molecule has 10 heteroatoms. The average Bonchev–Trinajstić information content (AvgIpc) is 2.87. The largest absolute Gasteiger partial charge is 0.480 e. The number of carbonyl (C=O) groups is 2. The molecule has 2 aromatic rings. The molecule has 24 heavy (non-hydrogen) atoms. The van der Waals surface area contributed by atoms with Crippen molar-refractivity contribution in [3.63, 3.8) is 0 Å². The summed E-state index contributed by atoms with van der Waals surface area (Å²) in [5.74, 6) is -2.76. The van der Waals surface area contributed by atoms with Gasteiger partial charge in [0, 0.05) is 20.8 Å². The van der Waals surface area contributed by atoms with E-state index in [2.05, 4.69) is 36.8 Å². The zero-order valence-corrected chi connectivity index (χ0v) is 16.3. The number of nitrogens with one attached hydrogen (secondary N) is 1. The predicted octanol–water partition coefficient (Wildman–Crippen LogP) is 3.19. The van der Waals surface area contributed by atoms with Crippen molar-refractivity contribution >= 4 is 66.9 Å². The van der Waals surface area contributed by atoms with Crippen molar-refractivity contribution in [2.24, 2.45) is 5.92 Å². The Labute approximate surface area is 159 Å². The van der Waals surface area contributed by atoms with Crippen molar-refractivity contribution in [2.45, 2.75) is 16.2 Å². The Balaban J connectivity index is 2.02. The minimum atomic E-state index is -1.11. The Kier molecular flexibility index (Phi) is 3.90. The Morgan fingerprint density at radius 3 is 2.75 bits per heavy atom. The molecule has 0 spiro atoms. The fourth-order valence-electron chi connectivity index (χ4n) is 3.04. The van der Waals surface area contributed by atoms with Gasteiger partial charge < -0.3 is 14.8 Å². The van der Waals surface area contributed by atoms with Gasteiger partial charge in [0.1, 0.15) is 11.0 Å². The van der Waals surface area contributed by atoms with Crippen LogP contribution in [0.4, 0.5) is 0 Å². The van der Waals surface area contributed by atoms with Crippen molar-refractivity contribution in [3.05, 3.63) is 41.2 Å². The van der Waals surface area contributed by atoms with Crippen molar-refractivity contribution in [1.82, 2.24) is 4.98 Å². The smallest absolute Gasteiger partial charge is 0.317 e. The van der Waals surface area contributed by atoms with Crippen LogP contribution >= 0.6 is 55.0 Å². The summed E-state index contributed by atoms with van der Waals surface area (Å²) >= 11 is 8.77. The molecule has 2 aliphatic rings. The van der Waals surface area contributed by atoms with Crippen LogP contribution in [-0.2, 0) is 9.59 Å².